The van der Waals surface area contributed by atoms with E-state index in [4.69, 9.17) is 21.4 Å². The Morgan fingerprint density at radius 1 is 1.32 bits per heavy atom. The molecule has 8 nitrogen and oxygen atoms in total. The topological polar surface area (TPSA) is 114 Å². The zero-order valence-electron chi connectivity index (χ0n) is 14.5. The number of rotatable bonds is 5. The van der Waals surface area contributed by atoms with E-state index in [0.29, 0.717) is 17.0 Å². The number of aryl methyl sites for hydroxylation is 1. The Morgan fingerprint density at radius 3 is 2.71 bits per heavy atom. The van der Waals surface area contributed by atoms with Gasteiger partial charge in [-0.1, -0.05) is 22.9 Å². The van der Waals surface area contributed by atoms with Gasteiger partial charge < -0.3 is 9.84 Å². The van der Waals surface area contributed by atoms with Crippen LogP contribution in [0, 0.1) is 12.7 Å². The molecule has 144 valence electrons. The molecule has 2 N–H and O–H groups in total. The Morgan fingerprint density at radius 2 is 2.07 bits per heavy atom. The first-order valence-electron chi connectivity index (χ1n) is 7.69. The van der Waals surface area contributed by atoms with Crippen molar-refractivity contribution in [3.8, 4) is 16.9 Å². The molecule has 0 fully saturated rings. The number of carbonyl (C=O) groups excluding carboxylic acids is 1. The summed E-state index contributed by atoms with van der Waals surface area (Å²) in [6.07, 6.45) is 1.28. The van der Waals surface area contributed by atoms with Gasteiger partial charge in [-0.3, -0.25) is 15.1 Å². The van der Waals surface area contributed by atoms with Crippen molar-refractivity contribution < 1.29 is 23.8 Å². The molecule has 3 aromatic rings. The minimum Gasteiger partial charge on any atom is -0.496 e. The maximum atomic E-state index is 14.8. The van der Waals surface area contributed by atoms with Gasteiger partial charge in [-0.15, -0.1) is 10.2 Å². The fraction of sp³-hybridized carbons (Fsp3) is 0.118. The number of carboxylic acid groups (broad SMARTS) is 1. The molecule has 28 heavy (non-hydrogen) atoms. The van der Waals surface area contributed by atoms with Crippen molar-refractivity contribution in [1.82, 2.24) is 15.2 Å². The van der Waals surface area contributed by atoms with Crippen molar-refractivity contribution in [1.29, 1.82) is 0 Å². The van der Waals surface area contributed by atoms with E-state index in [-0.39, 0.29) is 37.6 Å². The van der Waals surface area contributed by atoms with Gasteiger partial charge in [-0.05, 0) is 25.1 Å². The number of amides is 1. The minimum atomic E-state index is -1.26. The number of carboxylic acids is 1. The van der Waals surface area contributed by atoms with Gasteiger partial charge in [0.05, 0.1) is 23.3 Å². The number of methoxy groups -OCH3 is 1. The van der Waals surface area contributed by atoms with Crippen LogP contribution in [0.15, 0.2) is 24.4 Å². The first-order valence-corrected chi connectivity index (χ1v) is 8.88. The molecule has 0 saturated carbocycles. The predicted octanol–water partition coefficient (Wildman–Crippen LogP) is 3.66. The number of hydrogen-bond donors (Lipinski definition) is 2. The van der Waals surface area contributed by atoms with Crippen molar-refractivity contribution in [3.63, 3.8) is 0 Å². The Hall–Kier alpha value is -3.11. The van der Waals surface area contributed by atoms with E-state index in [1.54, 1.807) is 6.92 Å². The zero-order valence-corrected chi connectivity index (χ0v) is 16.1. The number of anilines is 1. The van der Waals surface area contributed by atoms with Crippen LogP contribution < -0.4 is 10.1 Å². The maximum absolute atomic E-state index is 14.8. The zero-order chi connectivity index (χ0) is 20.4. The SMILES string of the molecule is COc1ccc(Cl)c(F)c1-c1cc(C)ncc1C(=O)Nc1nnc(C(=O)O)s1. The molecule has 0 aliphatic rings. The predicted molar refractivity (Wildman–Crippen MR) is 101 cm³/mol. The smallest absolute Gasteiger partial charge is 0.367 e. The van der Waals surface area contributed by atoms with E-state index in [0.717, 1.165) is 0 Å². The van der Waals surface area contributed by atoms with Crippen LogP contribution in [0.3, 0.4) is 0 Å². The number of benzene rings is 1. The average molecular weight is 423 g/mol. The van der Waals surface area contributed by atoms with Gasteiger partial charge >= 0.3 is 5.97 Å². The van der Waals surface area contributed by atoms with E-state index in [1.807, 2.05) is 0 Å². The van der Waals surface area contributed by atoms with E-state index in [9.17, 15) is 14.0 Å². The van der Waals surface area contributed by atoms with Gasteiger partial charge in [-0.25, -0.2) is 9.18 Å². The summed E-state index contributed by atoms with van der Waals surface area (Å²) in [6.45, 7) is 1.68. The second-order valence-corrected chi connectivity index (χ2v) is 6.87. The summed E-state index contributed by atoms with van der Waals surface area (Å²) in [4.78, 5) is 27.7. The van der Waals surface area contributed by atoms with Crippen LogP contribution in [0.2, 0.25) is 5.02 Å². The van der Waals surface area contributed by atoms with E-state index >= 15 is 0 Å². The normalized spacial score (nSPS) is 10.6. The molecule has 2 heterocycles. The molecule has 0 aliphatic carbocycles. The summed E-state index contributed by atoms with van der Waals surface area (Å²) in [5.74, 6) is -2.49. The molecule has 0 unspecified atom stereocenters. The summed E-state index contributed by atoms with van der Waals surface area (Å²) in [5.41, 5.74) is 0.785. The molecule has 1 amide bonds. The molecule has 0 bridgehead atoms. The van der Waals surface area contributed by atoms with Crippen LogP contribution in [-0.4, -0.2) is 39.3 Å². The highest BCUT2D eigenvalue weighted by molar-refractivity contribution is 7.17. The van der Waals surface area contributed by atoms with Crippen LogP contribution in [0.5, 0.6) is 5.75 Å². The largest absolute Gasteiger partial charge is 0.496 e. The van der Waals surface area contributed by atoms with Crippen LogP contribution in [0.25, 0.3) is 11.1 Å². The van der Waals surface area contributed by atoms with Crippen molar-refractivity contribution in [2.24, 2.45) is 0 Å². The molecule has 11 heteroatoms. The number of pyridine rings is 1. The van der Waals surface area contributed by atoms with Gasteiger partial charge in [0.2, 0.25) is 10.1 Å². The van der Waals surface area contributed by atoms with E-state index in [1.165, 1.54) is 31.5 Å². The minimum absolute atomic E-state index is 0.00846. The number of nitrogens with one attached hydrogen (secondary N) is 1. The van der Waals surface area contributed by atoms with Crippen LogP contribution in [0.4, 0.5) is 9.52 Å². The number of ether oxygens (including phenoxy) is 1. The maximum Gasteiger partial charge on any atom is 0.367 e. The lowest BCUT2D eigenvalue weighted by Crippen LogP contribution is -2.14. The highest BCUT2D eigenvalue weighted by Gasteiger charge is 2.23. The molecule has 0 saturated heterocycles. The summed E-state index contributed by atoms with van der Waals surface area (Å²) in [5, 5.41) is 18.0. The third kappa shape index (κ3) is 3.78. The fourth-order valence-corrected chi connectivity index (χ4v) is 3.16. The Labute approximate surface area is 167 Å². The summed E-state index contributed by atoms with van der Waals surface area (Å²) in [6, 6.07) is 4.36. The number of hydrogen-bond acceptors (Lipinski definition) is 7. The standard InChI is InChI=1S/C17H12ClFN4O4S/c1-7-5-8(12-11(27-2)4-3-10(18)13(12)19)9(6-20-7)14(24)21-17-23-22-15(28-17)16(25)26/h3-6H,1-2H3,(H,25,26)(H,21,23,24). The molecule has 0 atom stereocenters. The lowest BCUT2D eigenvalue weighted by Gasteiger charge is -2.14. The lowest BCUT2D eigenvalue weighted by molar-refractivity contribution is 0.0695. The second kappa shape index (κ2) is 7.87. The molecule has 0 radical (unpaired) electrons. The summed E-state index contributed by atoms with van der Waals surface area (Å²) in [7, 11) is 1.37. The van der Waals surface area contributed by atoms with Crippen molar-refractivity contribution in [2.45, 2.75) is 6.92 Å². The highest BCUT2D eigenvalue weighted by atomic mass is 35.5. The van der Waals surface area contributed by atoms with Crippen LogP contribution in [0.1, 0.15) is 25.9 Å². The number of carbonyl (C=O) groups is 2. The first kappa shape index (κ1) is 19.6. The summed E-state index contributed by atoms with van der Waals surface area (Å²) >= 11 is 6.60. The lowest BCUT2D eigenvalue weighted by atomic mass is 9.98. The van der Waals surface area contributed by atoms with Gasteiger partial charge in [0, 0.05) is 17.5 Å². The molecule has 0 aliphatic heterocycles. The van der Waals surface area contributed by atoms with Gasteiger partial charge in [0.1, 0.15) is 5.75 Å². The Kier molecular flexibility index (Phi) is 5.52. The van der Waals surface area contributed by atoms with Crippen molar-refractivity contribution >= 4 is 39.9 Å². The second-order valence-electron chi connectivity index (χ2n) is 5.48. The molecule has 2 aromatic heterocycles. The molecule has 0 spiro atoms. The van der Waals surface area contributed by atoms with Gasteiger partial charge in [0.25, 0.3) is 5.91 Å². The van der Waals surface area contributed by atoms with Gasteiger partial charge in [-0.2, -0.15) is 0 Å². The number of nitrogens with zero attached hydrogens (tertiary/aromatic N) is 3. The highest BCUT2D eigenvalue weighted by Crippen LogP contribution is 2.38. The summed E-state index contributed by atoms with van der Waals surface area (Å²) < 4.78 is 20.0. The van der Waals surface area contributed by atoms with Crippen LogP contribution in [-0.2, 0) is 0 Å². The van der Waals surface area contributed by atoms with Crippen molar-refractivity contribution in [2.75, 3.05) is 12.4 Å². The van der Waals surface area contributed by atoms with Crippen LogP contribution >= 0.6 is 22.9 Å². The van der Waals surface area contributed by atoms with E-state index in [2.05, 4.69) is 20.5 Å². The third-order valence-electron chi connectivity index (χ3n) is 3.66. The molecule has 1 aromatic carbocycles. The quantitative estimate of drug-likeness (QED) is 0.644. The number of aromatic nitrogens is 3. The molecular formula is C17H12ClFN4O4S. The number of aromatic carboxylic acids is 1. The number of halogens is 2. The third-order valence-corrected chi connectivity index (χ3v) is 4.78. The van der Waals surface area contributed by atoms with E-state index < -0.39 is 17.7 Å². The monoisotopic (exact) mass is 422 g/mol. The fourth-order valence-electron chi connectivity index (χ4n) is 2.43. The molecular weight excluding hydrogens is 411 g/mol. The van der Waals surface area contributed by atoms with Gasteiger partial charge in [0.15, 0.2) is 5.82 Å². The first-order chi connectivity index (χ1) is 13.3. The Bertz CT molecular complexity index is 1090. The Balaban J connectivity index is 2.08. The molecule has 3 rings (SSSR count). The average Bonchev–Trinajstić information content (AvgIpc) is 3.12. The van der Waals surface area contributed by atoms with Crippen molar-refractivity contribution in [3.05, 3.63) is 51.5 Å².